The monoisotopic (exact) mass is 351 g/mol. The molecule has 1 aliphatic rings. The molecule has 0 saturated carbocycles. The number of hydrogen-bond acceptors (Lipinski definition) is 3. The number of nitrogens with zero attached hydrogens (tertiary/aromatic N) is 3. The predicted molar refractivity (Wildman–Crippen MR) is 92.4 cm³/mol. The Labute approximate surface area is 143 Å². The zero-order valence-electron chi connectivity index (χ0n) is 15.1. The molecule has 0 amide bonds. The van der Waals surface area contributed by atoms with Crippen molar-refractivity contribution in [2.45, 2.75) is 45.8 Å². The molecular formula is C16H32F3N5. The van der Waals surface area contributed by atoms with Gasteiger partial charge in [-0.3, -0.25) is 9.89 Å². The van der Waals surface area contributed by atoms with E-state index >= 15 is 0 Å². The molecule has 0 aromatic rings. The van der Waals surface area contributed by atoms with Gasteiger partial charge in [0.1, 0.15) is 0 Å². The number of nitrogens with one attached hydrogen (secondary N) is 2. The Morgan fingerprint density at radius 1 is 1.25 bits per heavy atom. The second-order valence-corrected chi connectivity index (χ2v) is 6.18. The summed E-state index contributed by atoms with van der Waals surface area (Å²) in [7, 11) is 0. The molecule has 1 aliphatic heterocycles. The summed E-state index contributed by atoms with van der Waals surface area (Å²) < 4.78 is 37.4. The van der Waals surface area contributed by atoms with Gasteiger partial charge in [0, 0.05) is 32.2 Å². The van der Waals surface area contributed by atoms with E-state index in [4.69, 9.17) is 0 Å². The van der Waals surface area contributed by atoms with E-state index in [1.807, 2.05) is 6.92 Å². The van der Waals surface area contributed by atoms with Crippen LogP contribution in [0, 0.1) is 0 Å². The molecule has 8 heteroatoms. The summed E-state index contributed by atoms with van der Waals surface area (Å²) in [4.78, 5) is 8.35. The van der Waals surface area contributed by atoms with E-state index in [2.05, 4.69) is 34.4 Å². The SMILES string of the molecule is CCCN(CC)CCN=C(NCC)NC1CCN(CC(F)(F)F)C1. The highest BCUT2D eigenvalue weighted by Gasteiger charge is 2.34. The summed E-state index contributed by atoms with van der Waals surface area (Å²) >= 11 is 0. The zero-order chi connectivity index (χ0) is 18.0. The Hall–Kier alpha value is -1.02. The van der Waals surface area contributed by atoms with Gasteiger partial charge in [-0.2, -0.15) is 13.2 Å². The van der Waals surface area contributed by atoms with Crippen LogP contribution in [0.25, 0.3) is 0 Å². The van der Waals surface area contributed by atoms with Crippen LogP contribution in [0.15, 0.2) is 4.99 Å². The Bertz CT molecular complexity index is 373. The van der Waals surface area contributed by atoms with Crippen LogP contribution in [-0.2, 0) is 0 Å². The van der Waals surface area contributed by atoms with Crippen molar-refractivity contribution in [3.63, 3.8) is 0 Å². The maximum absolute atomic E-state index is 12.5. The Morgan fingerprint density at radius 3 is 2.58 bits per heavy atom. The van der Waals surface area contributed by atoms with Gasteiger partial charge in [-0.05, 0) is 32.9 Å². The Kier molecular flexibility index (Phi) is 9.43. The van der Waals surface area contributed by atoms with Crippen LogP contribution in [-0.4, -0.2) is 80.3 Å². The van der Waals surface area contributed by atoms with Crippen molar-refractivity contribution in [1.29, 1.82) is 0 Å². The van der Waals surface area contributed by atoms with Gasteiger partial charge >= 0.3 is 6.18 Å². The number of alkyl halides is 3. The third kappa shape index (κ3) is 8.73. The minimum absolute atomic E-state index is 0.0167. The standard InChI is InChI=1S/C16H32F3N5/c1-4-9-23(6-3)11-8-21-15(20-5-2)22-14-7-10-24(12-14)13-16(17,18)19/h14H,4-13H2,1-3H3,(H2,20,21,22). The zero-order valence-corrected chi connectivity index (χ0v) is 15.1. The highest BCUT2D eigenvalue weighted by atomic mass is 19.4. The highest BCUT2D eigenvalue weighted by molar-refractivity contribution is 5.80. The van der Waals surface area contributed by atoms with Gasteiger partial charge in [0.15, 0.2) is 5.96 Å². The lowest BCUT2D eigenvalue weighted by atomic mass is 10.3. The lowest BCUT2D eigenvalue weighted by Crippen LogP contribution is -2.45. The summed E-state index contributed by atoms with van der Waals surface area (Å²) in [5.74, 6) is 0.698. The van der Waals surface area contributed by atoms with Crippen LogP contribution in [0.2, 0.25) is 0 Å². The van der Waals surface area contributed by atoms with E-state index < -0.39 is 12.7 Å². The third-order valence-electron chi connectivity index (χ3n) is 4.03. The maximum Gasteiger partial charge on any atom is 0.401 e. The van der Waals surface area contributed by atoms with Gasteiger partial charge in [0.25, 0.3) is 0 Å². The first-order valence-electron chi connectivity index (χ1n) is 8.94. The van der Waals surface area contributed by atoms with Gasteiger partial charge in [-0.15, -0.1) is 0 Å². The second kappa shape index (κ2) is 10.8. The Balaban J connectivity index is 2.44. The van der Waals surface area contributed by atoms with Crippen molar-refractivity contribution in [3.05, 3.63) is 0 Å². The molecule has 2 N–H and O–H groups in total. The molecule has 1 fully saturated rings. The van der Waals surface area contributed by atoms with E-state index in [-0.39, 0.29) is 6.04 Å². The fourth-order valence-corrected chi connectivity index (χ4v) is 2.91. The molecule has 24 heavy (non-hydrogen) atoms. The first kappa shape index (κ1) is 21.0. The van der Waals surface area contributed by atoms with Crippen molar-refractivity contribution in [2.75, 3.05) is 52.4 Å². The second-order valence-electron chi connectivity index (χ2n) is 6.18. The lowest BCUT2D eigenvalue weighted by molar-refractivity contribution is -0.143. The van der Waals surface area contributed by atoms with Crippen molar-refractivity contribution in [1.82, 2.24) is 20.4 Å². The average molecular weight is 351 g/mol. The molecule has 1 heterocycles. The summed E-state index contributed by atoms with van der Waals surface area (Å²) in [6.45, 7) is 10.7. The molecule has 5 nitrogen and oxygen atoms in total. The first-order valence-corrected chi connectivity index (χ1v) is 8.94. The number of guanidine groups is 1. The molecule has 142 valence electrons. The maximum atomic E-state index is 12.5. The Morgan fingerprint density at radius 2 is 2.00 bits per heavy atom. The van der Waals surface area contributed by atoms with Crippen molar-refractivity contribution in [3.8, 4) is 0 Å². The van der Waals surface area contributed by atoms with E-state index in [9.17, 15) is 13.2 Å². The largest absolute Gasteiger partial charge is 0.401 e. The van der Waals surface area contributed by atoms with Gasteiger partial charge in [-0.1, -0.05) is 13.8 Å². The molecule has 0 aromatic heterocycles. The van der Waals surface area contributed by atoms with E-state index in [1.54, 1.807) is 0 Å². The van der Waals surface area contributed by atoms with Crippen LogP contribution in [0.5, 0.6) is 0 Å². The number of likely N-dealkylation sites (tertiary alicyclic amines) is 1. The normalized spacial score (nSPS) is 20.0. The van der Waals surface area contributed by atoms with Crippen LogP contribution in [0.4, 0.5) is 13.2 Å². The van der Waals surface area contributed by atoms with Gasteiger partial charge in [0.2, 0.25) is 0 Å². The van der Waals surface area contributed by atoms with Gasteiger partial charge < -0.3 is 15.5 Å². The lowest BCUT2D eigenvalue weighted by Gasteiger charge is -2.21. The number of halogens is 3. The minimum atomic E-state index is -4.13. The van der Waals surface area contributed by atoms with Crippen LogP contribution < -0.4 is 10.6 Å². The van der Waals surface area contributed by atoms with Gasteiger partial charge in [-0.25, -0.2) is 0 Å². The molecule has 0 aromatic carbocycles. The summed E-state index contributed by atoms with van der Waals surface area (Å²) in [5.41, 5.74) is 0. The van der Waals surface area contributed by atoms with Crippen molar-refractivity contribution in [2.24, 2.45) is 4.99 Å². The molecular weight excluding hydrogens is 319 g/mol. The van der Waals surface area contributed by atoms with Crippen LogP contribution in [0.1, 0.15) is 33.6 Å². The first-order chi connectivity index (χ1) is 11.4. The minimum Gasteiger partial charge on any atom is -0.357 e. The summed E-state index contributed by atoms with van der Waals surface area (Å²) in [6, 6.07) is 0.0167. The number of hydrogen-bond donors (Lipinski definition) is 2. The summed E-state index contributed by atoms with van der Waals surface area (Å²) in [6.07, 6.45) is -2.30. The molecule has 1 atom stereocenters. The van der Waals surface area contributed by atoms with Crippen molar-refractivity contribution < 1.29 is 13.2 Å². The van der Waals surface area contributed by atoms with E-state index in [0.29, 0.717) is 32.0 Å². The topological polar surface area (TPSA) is 42.9 Å². The van der Waals surface area contributed by atoms with Crippen LogP contribution >= 0.6 is 0 Å². The molecule has 0 bridgehead atoms. The quantitative estimate of drug-likeness (QED) is 0.492. The van der Waals surface area contributed by atoms with Crippen LogP contribution in [0.3, 0.4) is 0 Å². The third-order valence-corrected chi connectivity index (χ3v) is 4.03. The molecule has 1 unspecified atom stereocenters. The number of aliphatic imine (C=N–C) groups is 1. The fraction of sp³-hybridized carbons (Fsp3) is 0.938. The smallest absolute Gasteiger partial charge is 0.357 e. The average Bonchev–Trinajstić information content (AvgIpc) is 2.91. The fourth-order valence-electron chi connectivity index (χ4n) is 2.91. The van der Waals surface area contributed by atoms with E-state index in [1.165, 1.54) is 4.90 Å². The molecule has 1 rings (SSSR count). The highest BCUT2D eigenvalue weighted by Crippen LogP contribution is 2.19. The number of rotatable bonds is 9. The number of likely N-dealkylation sites (N-methyl/N-ethyl adjacent to an activating group) is 1. The molecule has 1 saturated heterocycles. The predicted octanol–water partition coefficient (Wildman–Crippen LogP) is 1.91. The van der Waals surface area contributed by atoms with E-state index in [0.717, 1.165) is 32.6 Å². The molecule has 0 aliphatic carbocycles. The van der Waals surface area contributed by atoms with Gasteiger partial charge in [0.05, 0.1) is 13.1 Å². The summed E-state index contributed by atoms with van der Waals surface area (Å²) in [5, 5.41) is 6.44. The molecule has 0 radical (unpaired) electrons. The molecule has 0 spiro atoms. The van der Waals surface area contributed by atoms with Crippen molar-refractivity contribution >= 4 is 5.96 Å².